The molecule has 1 heterocycles. The maximum atomic E-state index is 12.7. The molecule has 0 radical (unpaired) electrons. The molecule has 0 unspecified atom stereocenters. The summed E-state index contributed by atoms with van der Waals surface area (Å²) < 4.78 is 62.3. The molecule has 0 aliphatic carbocycles. The van der Waals surface area contributed by atoms with Crippen molar-refractivity contribution in [1.29, 1.82) is 0 Å². The molecule has 2 rings (SSSR count). The smallest absolute Gasteiger partial charge is 0.302 e. The Balaban J connectivity index is 1.86. The summed E-state index contributed by atoms with van der Waals surface area (Å²) in [4.78, 5) is 1.62. The first-order valence-corrected chi connectivity index (χ1v) is 9.12. The van der Waals surface area contributed by atoms with Gasteiger partial charge < -0.3 is 4.90 Å². The number of rotatable bonds is 5. The SMILES string of the molecule is O=S(=O)(CCN1CCC[C@H](C(F)(F)F)C1)Cc1ccccc1. The molecule has 0 aromatic heterocycles. The summed E-state index contributed by atoms with van der Waals surface area (Å²) in [6.07, 6.45) is -3.60. The van der Waals surface area contributed by atoms with Crippen LogP contribution < -0.4 is 0 Å². The normalized spacial score (nSPS) is 21.0. The van der Waals surface area contributed by atoms with Crippen molar-refractivity contribution in [3.05, 3.63) is 35.9 Å². The Morgan fingerprint density at radius 3 is 2.50 bits per heavy atom. The van der Waals surface area contributed by atoms with Crippen molar-refractivity contribution in [2.45, 2.75) is 24.8 Å². The maximum absolute atomic E-state index is 12.7. The molecular formula is C15H20F3NO2S. The van der Waals surface area contributed by atoms with Crippen LogP contribution in [0.2, 0.25) is 0 Å². The maximum Gasteiger partial charge on any atom is 0.393 e. The Morgan fingerprint density at radius 2 is 1.86 bits per heavy atom. The second-order valence-electron chi connectivity index (χ2n) is 5.76. The van der Waals surface area contributed by atoms with Crippen LogP contribution in [0.25, 0.3) is 0 Å². The molecule has 0 N–H and O–H groups in total. The van der Waals surface area contributed by atoms with Crippen LogP contribution in [0.3, 0.4) is 0 Å². The van der Waals surface area contributed by atoms with Crippen LogP contribution in [0.4, 0.5) is 13.2 Å². The molecular weight excluding hydrogens is 315 g/mol. The molecule has 0 spiro atoms. The fourth-order valence-electron chi connectivity index (χ4n) is 2.69. The Labute approximate surface area is 129 Å². The van der Waals surface area contributed by atoms with Crippen LogP contribution in [-0.2, 0) is 15.6 Å². The second-order valence-corrected chi connectivity index (χ2v) is 7.94. The Hall–Kier alpha value is -1.08. The molecule has 0 saturated carbocycles. The Kier molecular flexibility index (Phi) is 5.50. The number of piperidine rings is 1. The number of benzene rings is 1. The van der Waals surface area contributed by atoms with Gasteiger partial charge in [-0.15, -0.1) is 0 Å². The average Bonchev–Trinajstić information content (AvgIpc) is 2.45. The van der Waals surface area contributed by atoms with Crippen molar-refractivity contribution in [2.75, 3.05) is 25.4 Å². The number of sulfone groups is 1. The first kappa shape index (κ1) is 17.3. The topological polar surface area (TPSA) is 37.4 Å². The van der Waals surface area contributed by atoms with E-state index in [0.29, 0.717) is 18.5 Å². The van der Waals surface area contributed by atoms with Gasteiger partial charge in [0.25, 0.3) is 0 Å². The summed E-state index contributed by atoms with van der Waals surface area (Å²) in [6.45, 7) is 0.611. The third-order valence-electron chi connectivity index (χ3n) is 3.92. The van der Waals surface area contributed by atoms with E-state index in [4.69, 9.17) is 0 Å². The number of nitrogens with zero attached hydrogens (tertiary/aromatic N) is 1. The molecule has 22 heavy (non-hydrogen) atoms. The lowest BCUT2D eigenvalue weighted by molar-refractivity contribution is -0.186. The standard InChI is InChI=1S/C15H20F3NO2S/c16-15(17,18)14-7-4-8-19(11-14)9-10-22(20,21)12-13-5-2-1-3-6-13/h1-3,5-6,14H,4,7-12H2/t14-/m0/s1. The number of hydrogen-bond acceptors (Lipinski definition) is 3. The molecule has 1 aromatic rings. The van der Waals surface area contributed by atoms with Gasteiger partial charge in [0.2, 0.25) is 0 Å². The van der Waals surface area contributed by atoms with E-state index in [0.717, 1.165) is 0 Å². The minimum Gasteiger partial charge on any atom is -0.302 e. The highest BCUT2D eigenvalue weighted by atomic mass is 32.2. The average molecular weight is 335 g/mol. The van der Waals surface area contributed by atoms with Crippen LogP contribution in [0.15, 0.2) is 30.3 Å². The molecule has 1 aliphatic heterocycles. The lowest BCUT2D eigenvalue weighted by Gasteiger charge is -2.33. The van der Waals surface area contributed by atoms with Gasteiger partial charge >= 0.3 is 6.18 Å². The first-order valence-electron chi connectivity index (χ1n) is 7.30. The van der Waals surface area contributed by atoms with Gasteiger partial charge in [-0.1, -0.05) is 30.3 Å². The Bertz CT molecular complexity index is 572. The predicted octanol–water partition coefficient (Wildman–Crippen LogP) is 2.88. The van der Waals surface area contributed by atoms with Gasteiger partial charge in [-0.3, -0.25) is 0 Å². The largest absolute Gasteiger partial charge is 0.393 e. The zero-order valence-corrected chi connectivity index (χ0v) is 13.0. The van der Waals surface area contributed by atoms with E-state index in [1.54, 1.807) is 35.2 Å². The van der Waals surface area contributed by atoms with Crippen molar-refractivity contribution in [1.82, 2.24) is 4.90 Å². The quantitative estimate of drug-likeness (QED) is 0.830. The van der Waals surface area contributed by atoms with Gasteiger partial charge in [-0.2, -0.15) is 13.2 Å². The minimum absolute atomic E-state index is 0.0651. The predicted molar refractivity (Wildman–Crippen MR) is 79.2 cm³/mol. The lowest BCUT2D eigenvalue weighted by atomic mass is 9.98. The van der Waals surface area contributed by atoms with E-state index >= 15 is 0 Å². The number of hydrogen-bond donors (Lipinski definition) is 0. The highest BCUT2D eigenvalue weighted by Gasteiger charge is 2.41. The van der Waals surface area contributed by atoms with Crippen molar-refractivity contribution >= 4 is 9.84 Å². The lowest BCUT2D eigenvalue weighted by Crippen LogP contribution is -2.43. The van der Waals surface area contributed by atoms with Crippen LogP contribution in [0, 0.1) is 5.92 Å². The monoisotopic (exact) mass is 335 g/mol. The third-order valence-corrected chi connectivity index (χ3v) is 5.49. The number of likely N-dealkylation sites (tertiary alicyclic amines) is 1. The minimum atomic E-state index is -4.19. The molecule has 7 heteroatoms. The third kappa shape index (κ3) is 5.28. The van der Waals surface area contributed by atoms with E-state index in [9.17, 15) is 21.6 Å². The van der Waals surface area contributed by atoms with Crippen LogP contribution in [0.5, 0.6) is 0 Å². The number of halogens is 3. The van der Waals surface area contributed by atoms with Gasteiger partial charge in [0.1, 0.15) is 0 Å². The van der Waals surface area contributed by atoms with Crippen LogP contribution >= 0.6 is 0 Å². The van der Waals surface area contributed by atoms with E-state index < -0.39 is 21.9 Å². The summed E-state index contributed by atoms with van der Waals surface area (Å²) in [5.41, 5.74) is 0.703. The van der Waals surface area contributed by atoms with Gasteiger partial charge in [0, 0.05) is 13.1 Å². The summed E-state index contributed by atoms with van der Waals surface area (Å²) in [5, 5.41) is 0. The second kappa shape index (κ2) is 7.00. The molecule has 1 aromatic carbocycles. The van der Waals surface area contributed by atoms with E-state index in [1.807, 2.05) is 0 Å². The molecule has 1 atom stereocenters. The molecule has 0 bridgehead atoms. The zero-order chi connectivity index (χ0) is 16.2. The summed E-state index contributed by atoms with van der Waals surface area (Å²) >= 11 is 0. The highest BCUT2D eigenvalue weighted by Crippen LogP contribution is 2.32. The highest BCUT2D eigenvalue weighted by molar-refractivity contribution is 7.90. The van der Waals surface area contributed by atoms with Crippen molar-refractivity contribution < 1.29 is 21.6 Å². The molecule has 0 amide bonds. The Morgan fingerprint density at radius 1 is 1.18 bits per heavy atom. The van der Waals surface area contributed by atoms with E-state index in [-0.39, 0.29) is 31.0 Å². The fourth-order valence-corrected chi connectivity index (χ4v) is 4.08. The molecule has 1 fully saturated rings. The van der Waals surface area contributed by atoms with E-state index in [2.05, 4.69) is 0 Å². The molecule has 1 aliphatic rings. The summed E-state index contributed by atoms with van der Waals surface area (Å²) in [5.74, 6) is -1.50. The van der Waals surface area contributed by atoms with Gasteiger partial charge in [-0.05, 0) is 24.9 Å². The first-order chi connectivity index (χ1) is 10.3. The fraction of sp³-hybridized carbons (Fsp3) is 0.600. The zero-order valence-electron chi connectivity index (χ0n) is 12.2. The van der Waals surface area contributed by atoms with Crippen molar-refractivity contribution in [2.24, 2.45) is 5.92 Å². The van der Waals surface area contributed by atoms with Crippen LogP contribution in [-0.4, -0.2) is 44.9 Å². The van der Waals surface area contributed by atoms with Crippen molar-refractivity contribution in [3.8, 4) is 0 Å². The molecule has 124 valence electrons. The molecule has 1 saturated heterocycles. The van der Waals surface area contributed by atoms with Crippen molar-refractivity contribution in [3.63, 3.8) is 0 Å². The molecule has 3 nitrogen and oxygen atoms in total. The van der Waals surface area contributed by atoms with Crippen LogP contribution in [0.1, 0.15) is 18.4 Å². The van der Waals surface area contributed by atoms with Gasteiger partial charge in [-0.25, -0.2) is 8.42 Å². The number of alkyl halides is 3. The summed E-state index contributed by atoms with van der Waals surface area (Å²) in [6, 6.07) is 8.81. The van der Waals surface area contributed by atoms with Gasteiger partial charge in [0.05, 0.1) is 17.4 Å². The van der Waals surface area contributed by atoms with Gasteiger partial charge in [0.15, 0.2) is 9.84 Å². The van der Waals surface area contributed by atoms with E-state index in [1.165, 1.54) is 0 Å². The summed E-state index contributed by atoms with van der Waals surface area (Å²) in [7, 11) is -3.31.